The van der Waals surface area contributed by atoms with Crippen LogP contribution in [0.25, 0.3) is 0 Å². The van der Waals surface area contributed by atoms with Crippen molar-refractivity contribution in [1.29, 1.82) is 0 Å². The molecule has 186 valence electrons. The highest BCUT2D eigenvalue weighted by atomic mass is 32.2. The number of rotatable bonds is 9. The normalized spacial score (nSPS) is 15.7. The summed E-state index contributed by atoms with van der Waals surface area (Å²) < 4.78 is 24.8. The van der Waals surface area contributed by atoms with Gasteiger partial charge in [-0.1, -0.05) is 18.2 Å². The van der Waals surface area contributed by atoms with E-state index in [1.165, 1.54) is 0 Å². The van der Waals surface area contributed by atoms with E-state index in [9.17, 15) is 18.0 Å². The monoisotopic (exact) mass is 503 g/mol. The maximum atomic E-state index is 13.3. The zero-order chi connectivity index (χ0) is 25.1. The molecular weight excluding hydrogens is 474 g/mol. The third-order valence-electron chi connectivity index (χ3n) is 6.77. The number of sulfone groups is 1. The molecule has 2 aliphatic rings. The Morgan fingerprint density at radius 1 is 0.917 bits per heavy atom. The summed E-state index contributed by atoms with van der Waals surface area (Å²) in [4.78, 5) is 32.3. The lowest BCUT2D eigenvalue weighted by molar-refractivity contribution is -0.115. The summed E-state index contributed by atoms with van der Waals surface area (Å²) in [6, 6.07) is 19.1. The Labute approximate surface area is 211 Å². The smallest absolute Gasteiger partial charge is 0.259 e. The third kappa shape index (κ3) is 5.65. The van der Waals surface area contributed by atoms with Crippen LogP contribution < -0.4 is 10.2 Å². The molecule has 0 unspecified atom stereocenters. The Kier molecular flexibility index (Phi) is 6.87. The van der Waals surface area contributed by atoms with Gasteiger partial charge in [-0.25, -0.2) is 13.4 Å². The van der Waals surface area contributed by atoms with Crippen molar-refractivity contribution in [3.8, 4) is 0 Å². The number of pyridine rings is 1. The highest BCUT2D eigenvalue weighted by molar-refractivity contribution is 7.91. The van der Waals surface area contributed by atoms with Gasteiger partial charge >= 0.3 is 0 Å². The molecule has 2 saturated carbocycles. The van der Waals surface area contributed by atoms with Gasteiger partial charge in [0.25, 0.3) is 5.91 Å². The predicted molar refractivity (Wildman–Crippen MR) is 139 cm³/mol. The van der Waals surface area contributed by atoms with Gasteiger partial charge in [0.1, 0.15) is 5.82 Å². The number of carbonyl (C=O) groups excluding carboxylic acids is 2. The lowest BCUT2D eigenvalue weighted by Crippen LogP contribution is -2.45. The number of carbonyl (C=O) groups is 2. The van der Waals surface area contributed by atoms with Crippen LogP contribution in [0.4, 0.5) is 11.5 Å². The van der Waals surface area contributed by atoms with Crippen molar-refractivity contribution < 1.29 is 18.0 Å². The fourth-order valence-electron chi connectivity index (χ4n) is 4.33. The molecule has 1 heterocycles. The van der Waals surface area contributed by atoms with Crippen molar-refractivity contribution in [2.75, 3.05) is 16.0 Å². The molecule has 0 radical (unpaired) electrons. The van der Waals surface area contributed by atoms with E-state index in [-0.39, 0.29) is 30.0 Å². The Hall–Kier alpha value is -3.52. The SMILES string of the molecule is O=C(Cc1ccc(S(=O)(=O)CC2CC2)cc1)Nc1ccc(C(=O)N(c2ccccn2)C2CCC2)cc1. The Morgan fingerprint density at radius 3 is 2.22 bits per heavy atom. The van der Waals surface area contributed by atoms with E-state index in [1.54, 1.807) is 59.6 Å². The molecule has 3 aromatic rings. The Bertz CT molecular complexity index is 1330. The average molecular weight is 504 g/mol. The molecule has 1 N–H and O–H groups in total. The molecule has 0 aliphatic heterocycles. The van der Waals surface area contributed by atoms with Crippen LogP contribution in [0.5, 0.6) is 0 Å². The predicted octanol–water partition coefficient (Wildman–Crippen LogP) is 4.65. The van der Waals surface area contributed by atoms with Gasteiger partial charge in [0.05, 0.1) is 17.1 Å². The Balaban J connectivity index is 1.20. The van der Waals surface area contributed by atoms with Crippen LogP contribution in [0, 0.1) is 5.92 Å². The van der Waals surface area contributed by atoms with Gasteiger partial charge in [-0.3, -0.25) is 14.5 Å². The number of hydrogen-bond acceptors (Lipinski definition) is 5. The molecule has 7 nitrogen and oxygen atoms in total. The summed E-state index contributed by atoms with van der Waals surface area (Å²) in [5.74, 6) is 0.820. The van der Waals surface area contributed by atoms with E-state index in [1.807, 2.05) is 18.2 Å². The summed E-state index contributed by atoms with van der Waals surface area (Å²) in [5, 5.41) is 2.85. The van der Waals surface area contributed by atoms with Gasteiger partial charge in [-0.2, -0.15) is 0 Å². The van der Waals surface area contributed by atoms with Crippen LogP contribution in [-0.2, 0) is 21.1 Å². The first kappa shape index (κ1) is 24.2. The number of nitrogens with zero attached hydrogens (tertiary/aromatic N) is 2. The second-order valence-corrected chi connectivity index (χ2v) is 11.7. The minimum absolute atomic E-state index is 0.104. The fraction of sp³-hybridized carbons (Fsp3) is 0.321. The molecule has 1 aromatic heterocycles. The van der Waals surface area contributed by atoms with Crippen molar-refractivity contribution in [2.24, 2.45) is 5.92 Å². The molecule has 2 amide bonds. The van der Waals surface area contributed by atoms with Crippen molar-refractivity contribution in [1.82, 2.24) is 4.98 Å². The van der Waals surface area contributed by atoms with E-state index in [0.29, 0.717) is 27.9 Å². The van der Waals surface area contributed by atoms with E-state index >= 15 is 0 Å². The van der Waals surface area contributed by atoms with Gasteiger partial charge in [0.2, 0.25) is 5.91 Å². The second kappa shape index (κ2) is 10.2. The molecular formula is C28H29N3O4S. The van der Waals surface area contributed by atoms with Gasteiger partial charge in [-0.15, -0.1) is 0 Å². The number of anilines is 2. The van der Waals surface area contributed by atoms with Crippen LogP contribution in [0.15, 0.2) is 77.8 Å². The third-order valence-corrected chi connectivity index (χ3v) is 8.67. The molecule has 8 heteroatoms. The van der Waals surface area contributed by atoms with Crippen molar-refractivity contribution >= 4 is 33.2 Å². The van der Waals surface area contributed by atoms with E-state index in [2.05, 4.69) is 10.3 Å². The summed E-state index contributed by atoms with van der Waals surface area (Å²) in [6.45, 7) is 0. The molecule has 0 saturated heterocycles. The second-order valence-electron chi connectivity index (χ2n) is 9.62. The molecule has 0 spiro atoms. The number of amides is 2. The Morgan fingerprint density at radius 2 is 1.64 bits per heavy atom. The number of aromatic nitrogens is 1. The molecule has 2 fully saturated rings. The quantitative estimate of drug-likeness (QED) is 0.459. The number of nitrogens with one attached hydrogen (secondary N) is 1. The van der Waals surface area contributed by atoms with Gasteiger partial charge in [-0.05, 0) is 92.1 Å². The van der Waals surface area contributed by atoms with Gasteiger partial charge in [0, 0.05) is 23.5 Å². The first-order valence-electron chi connectivity index (χ1n) is 12.4. The van der Waals surface area contributed by atoms with E-state index in [0.717, 1.165) is 37.7 Å². The minimum atomic E-state index is -3.27. The summed E-state index contributed by atoms with van der Waals surface area (Å²) in [7, 11) is -3.27. The minimum Gasteiger partial charge on any atom is -0.326 e. The van der Waals surface area contributed by atoms with Gasteiger partial charge in [0.15, 0.2) is 9.84 Å². The lowest BCUT2D eigenvalue weighted by Gasteiger charge is -2.36. The molecule has 0 atom stereocenters. The highest BCUT2D eigenvalue weighted by Gasteiger charge is 2.31. The maximum Gasteiger partial charge on any atom is 0.259 e. The van der Waals surface area contributed by atoms with Crippen LogP contribution >= 0.6 is 0 Å². The lowest BCUT2D eigenvalue weighted by atomic mass is 9.91. The fourth-order valence-corrected chi connectivity index (χ4v) is 6.03. The first-order chi connectivity index (χ1) is 17.4. The van der Waals surface area contributed by atoms with Crippen LogP contribution in [0.2, 0.25) is 0 Å². The van der Waals surface area contributed by atoms with Gasteiger partial charge < -0.3 is 5.32 Å². The molecule has 2 aromatic carbocycles. The maximum absolute atomic E-state index is 13.3. The van der Waals surface area contributed by atoms with Crippen molar-refractivity contribution in [2.45, 2.75) is 49.5 Å². The molecule has 0 bridgehead atoms. The van der Waals surface area contributed by atoms with E-state index < -0.39 is 9.84 Å². The van der Waals surface area contributed by atoms with Crippen LogP contribution in [-0.4, -0.2) is 37.0 Å². The summed E-state index contributed by atoms with van der Waals surface area (Å²) >= 11 is 0. The van der Waals surface area contributed by atoms with Crippen LogP contribution in [0.3, 0.4) is 0 Å². The molecule has 36 heavy (non-hydrogen) atoms. The molecule has 2 aliphatic carbocycles. The first-order valence-corrected chi connectivity index (χ1v) is 14.0. The zero-order valence-electron chi connectivity index (χ0n) is 20.0. The summed E-state index contributed by atoms with van der Waals surface area (Å²) in [6.07, 6.45) is 6.80. The summed E-state index contributed by atoms with van der Waals surface area (Å²) in [5.41, 5.74) is 1.86. The highest BCUT2D eigenvalue weighted by Crippen LogP contribution is 2.32. The number of benzene rings is 2. The van der Waals surface area contributed by atoms with Crippen molar-refractivity contribution in [3.05, 3.63) is 84.1 Å². The number of hydrogen-bond donors (Lipinski definition) is 1. The van der Waals surface area contributed by atoms with Crippen LogP contribution in [0.1, 0.15) is 48.0 Å². The largest absolute Gasteiger partial charge is 0.326 e. The molecule has 5 rings (SSSR count). The zero-order valence-corrected chi connectivity index (χ0v) is 20.8. The standard InChI is InChI=1S/C28H29N3O4S/c32-27(18-20-9-15-25(16-10-20)36(34,35)19-21-7-8-21)30-23-13-11-22(12-14-23)28(33)31(24-4-3-5-24)26-6-1-2-17-29-26/h1-2,6,9-17,21,24H,3-5,7-8,18-19H2,(H,30,32). The average Bonchev–Trinajstić information content (AvgIpc) is 3.65. The van der Waals surface area contributed by atoms with E-state index in [4.69, 9.17) is 0 Å². The topological polar surface area (TPSA) is 96.4 Å². The van der Waals surface area contributed by atoms with Crippen molar-refractivity contribution in [3.63, 3.8) is 0 Å².